The highest BCUT2D eigenvalue weighted by molar-refractivity contribution is 14.0. The lowest BCUT2D eigenvalue weighted by atomic mass is 10.1. The van der Waals surface area contributed by atoms with Crippen LogP contribution in [0.4, 0.5) is 0 Å². The van der Waals surface area contributed by atoms with Crippen LogP contribution in [0.2, 0.25) is 0 Å². The Hall–Kier alpha value is 0.560. The van der Waals surface area contributed by atoms with Gasteiger partial charge in [0.1, 0.15) is 0 Å². The third-order valence-corrected chi connectivity index (χ3v) is 3.29. The van der Waals surface area contributed by atoms with Crippen LogP contribution in [0.3, 0.4) is 0 Å². The third-order valence-electron chi connectivity index (χ3n) is 2.86. The van der Waals surface area contributed by atoms with Crippen molar-refractivity contribution in [2.45, 2.75) is 70.8 Å². The van der Waals surface area contributed by atoms with Gasteiger partial charge in [0.15, 0.2) is 0 Å². The van der Waals surface area contributed by atoms with Crippen LogP contribution in [0.5, 0.6) is 0 Å². The molecule has 0 saturated carbocycles. The molecular formula is C12H28INO4S. The van der Waals surface area contributed by atoms with E-state index in [0.717, 1.165) is 19.3 Å². The Kier molecular flexibility index (Phi) is 15.6. The first-order valence-electron chi connectivity index (χ1n) is 6.83. The van der Waals surface area contributed by atoms with Crippen molar-refractivity contribution in [3.8, 4) is 0 Å². The van der Waals surface area contributed by atoms with Gasteiger partial charge in [0.2, 0.25) is 0 Å². The molecule has 0 rings (SSSR count). The largest absolute Gasteiger partial charge is 0.397 e. The fourth-order valence-electron chi connectivity index (χ4n) is 1.80. The van der Waals surface area contributed by atoms with Gasteiger partial charge in [-0.25, -0.2) is 4.18 Å². The summed E-state index contributed by atoms with van der Waals surface area (Å²) in [6, 6.07) is -0.327. The molecule has 5 nitrogen and oxygen atoms in total. The second kappa shape index (κ2) is 13.5. The van der Waals surface area contributed by atoms with Gasteiger partial charge < -0.3 is 5.73 Å². The molecule has 19 heavy (non-hydrogen) atoms. The zero-order valence-corrected chi connectivity index (χ0v) is 14.9. The number of nitrogens with two attached hydrogens (primary N) is 1. The van der Waals surface area contributed by atoms with E-state index in [2.05, 4.69) is 11.1 Å². The van der Waals surface area contributed by atoms with Crippen molar-refractivity contribution in [1.82, 2.24) is 0 Å². The molecule has 3 N–H and O–H groups in total. The van der Waals surface area contributed by atoms with Crippen molar-refractivity contribution in [2.24, 2.45) is 5.73 Å². The Morgan fingerprint density at radius 2 is 1.53 bits per heavy atom. The maximum absolute atomic E-state index is 10.3. The molecule has 0 amide bonds. The summed E-state index contributed by atoms with van der Waals surface area (Å²) < 4.78 is 33.2. The lowest BCUT2D eigenvalue weighted by Gasteiger charge is -2.10. The third kappa shape index (κ3) is 18.6. The van der Waals surface area contributed by atoms with Crippen molar-refractivity contribution >= 4 is 34.4 Å². The molecule has 1 unspecified atom stereocenters. The lowest BCUT2D eigenvalue weighted by Crippen LogP contribution is -2.27. The van der Waals surface area contributed by atoms with E-state index in [1.165, 1.54) is 38.5 Å². The van der Waals surface area contributed by atoms with Gasteiger partial charge in [-0.3, -0.25) is 4.55 Å². The fraction of sp³-hybridized carbons (Fsp3) is 1.00. The maximum Gasteiger partial charge on any atom is 0.397 e. The van der Waals surface area contributed by atoms with E-state index in [9.17, 15) is 8.42 Å². The first-order valence-corrected chi connectivity index (χ1v) is 8.19. The topological polar surface area (TPSA) is 89.6 Å². The van der Waals surface area contributed by atoms with Crippen molar-refractivity contribution in [2.75, 3.05) is 6.61 Å². The Morgan fingerprint density at radius 1 is 1.05 bits per heavy atom. The Morgan fingerprint density at radius 3 is 2.00 bits per heavy atom. The van der Waals surface area contributed by atoms with Gasteiger partial charge >= 0.3 is 10.4 Å². The van der Waals surface area contributed by atoms with E-state index in [1.807, 2.05) is 0 Å². The molecule has 0 aromatic carbocycles. The SMILES string of the molecule is CCCCCCCCCCC(N)COS(=O)(=O)O.I. The molecule has 0 aliphatic heterocycles. The van der Waals surface area contributed by atoms with Crippen LogP contribution in [0, 0.1) is 0 Å². The molecule has 0 bridgehead atoms. The minimum atomic E-state index is -4.35. The number of rotatable bonds is 12. The molecule has 1 atom stereocenters. The van der Waals surface area contributed by atoms with E-state index < -0.39 is 10.4 Å². The molecule has 7 heteroatoms. The first kappa shape index (κ1) is 21.9. The van der Waals surface area contributed by atoms with Crippen molar-refractivity contribution in [3.63, 3.8) is 0 Å². The van der Waals surface area contributed by atoms with Crippen LogP contribution < -0.4 is 5.73 Å². The average molecular weight is 409 g/mol. The smallest absolute Gasteiger partial charge is 0.326 e. The van der Waals surface area contributed by atoms with Gasteiger partial charge in [0.25, 0.3) is 0 Å². The van der Waals surface area contributed by atoms with Crippen molar-refractivity contribution in [3.05, 3.63) is 0 Å². The van der Waals surface area contributed by atoms with Crippen LogP contribution in [-0.4, -0.2) is 25.6 Å². The summed E-state index contributed by atoms with van der Waals surface area (Å²) in [5, 5.41) is 0. The molecule has 0 heterocycles. The van der Waals surface area contributed by atoms with Crippen LogP contribution in [0.1, 0.15) is 64.7 Å². The van der Waals surface area contributed by atoms with E-state index in [4.69, 9.17) is 10.3 Å². The second-order valence-electron chi connectivity index (χ2n) is 4.74. The average Bonchev–Trinajstić information content (AvgIpc) is 2.29. The monoisotopic (exact) mass is 409 g/mol. The van der Waals surface area contributed by atoms with Crippen LogP contribution in [0.25, 0.3) is 0 Å². The Labute approximate surface area is 134 Å². The fourth-order valence-corrected chi connectivity index (χ4v) is 2.14. The van der Waals surface area contributed by atoms with Crippen molar-refractivity contribution in [1.29, 1.82) is 0 Å². The molecule has 0 spiro atoms. The highest BCUT2D eigenvalue weighted by Crippen LogP contribution is 2.10. The molecule has 0 aliphatic carbocycles. The number of hydrogen-bond acceptors (Lipinski definition) is 4. The Bertz CT molecular complexity index is 285. The molecule has 118 valence electrons. The van der Waals surface area contributed by atoms with E-state index in [-0.39, 0.29) is 36.6 Å². The van der Waals surface area contributed by atoms with Crippen molar-refractivity contribution < 1.29 is 17.2 Å². The highest BCUT2D eigenvalue weighted by Gasteiger charge is 2.09. The van der Waals surface area contributed by atoms with E-state index in [1.54, 1.807) is 0 Å². The summed E-state index contributed by atoms with van der Waals surface area (Å²) in [5.74, 6) is 0. The molecule has 0 radical (unpaired) electrons. The van der Waals surface area contributed by atoms with Gasteiger partial charge in [0, 0.05) is 6.04 Å². The van der Waals surface area contributed by atoms with Crippen LogP contribution in [0.15, 0.2) is 0 Å². The van der Waals surface area contributed by atoms with Crippen LogP contribution in [-0.2, 0) is 14.6 Å². The zero-order chi connectivity index (χ0) is 13.9. The van der Waals surface area contributed by atoms with Gasteiger partial charge in [0.05, 0.1) is 6.61 Å². The predicted octanol–water partition coefficient (Wildman–Crippen LogP) is 3.28. The van der Waals surface area contributed by atoms with E-state index >= 15 is 0 Å². The Balaban J connectivity index is 0. The summed E-state index contributed by atoms with van der Waals surface area (Å²) in [7, 11) is -4.35. The second-order valence-corrected chi connectivity index (χ2v) is 5.83. The first-order chi connectivity index (χ1) is 8.45. The summed E-state index contributed by atoms with van der Waals surface area (Å²) >= 11 is 0. The van der Waals surface area contributed by atoms with Crippen LogP contribution >= 0.6 is 24.0 Å². The lowest BCUT2D eigenvalue weighted by molar-refractivity contribution is 0.244. The maximum atomic E-state index is 10.3. The summed E-state index contributed by atoms with van der Waals surface area (Å²) in [6.45, 7) is 2.06. The quantitative estimate of drug-likeness (QED) is 0.293. The normalized spacial score (nSPS) is 13.0. The molecule has 0 fully saturated rings. The molecule has 0 aromatic heterocycles. The number of hydrogen-bond donors (Lipinski definition) is 2. The summed E-state index contributed by atoms with van der Waals surface area (Å²) in [4.78, 5) is 0. The summed E-state index contributed by atoms with van der Waals surface area (Å²) in [6.07, 6.45) is 10.5. The van der Waals surface area contributed by atoms with Gasteiger partial charge in [-0.05, 0) is 6.42 Å². The summed E-state index contributed by atoms with van der Waals surface area (Å²) in [5.41, 5.74) is 5.66. The molecule has 0 saturated heterocycles. The minimum Gasteiger partial charge on any atom is -0.326 e. The minimum absolute atomic E-state index is 0. The molecule has 0 aliphatic rings. The molecular weight excluding hydrogens is 381 g/mol. The predicted molar refractivity (Wildman–Crippen MR) is 88.1 cm³/mol. The van der Waals surface area contributed by atoms with Gasteiger partial charge in [-0.15, -0.1) is 24.0 Å². The highest BCUT2D eigenvalue weighted by atomic mass is 127. The van der Waals surface area contributed by atoms with Gasteiger partial charge in [-0.1, -0.05) is 58.3 Å². The number of halogens is 1. The zero-order valence-electron chi connectivity index (χ0n) is 11.7. The van der Waals surface area contributed by atoms with E-state index in [0.29, 0.717) is 0 Å². The molecule has 0 aromatic rings. The number of unbranched alkanes of at least 4 members (excludes halogenated alkanes) is 7. The van der Waals surface area contributed by atoms with Gasteiger partial charge in [-0.2, -0.15) is 8.42 Å². The standard InChI is InChI=1S/C12H27NO4S.HI/c1-2-3-4-5-6-7-8-9-10-12(13)11-17-18(14,15)16;/h12H,2-11,13H2,1H3,(H,14,15,16);1H.